The number of nitrogens with one attached hydrogen (secondary N) is 1. The molecule has 0 atom stereocenters. The van der Waals surface area contributed by atoms with Crippen LogP contribution < -0.4 is 10.2 Å². The topological polar surface area (TPSA) is 49.4 Å². The zero-order chi connectivity index (χ0) is 19.1. The number of rotatable bonds is 7. The number of benzene rings is 2. The Morgan fingerprint density at radius 2 is 1.65 bits per heavy atom. The Morgan fingerprint density at radius 3 is 2.23 bits per heavy atom. The van der Waals surface area contributed by atoms with E-state index in [2.05, 4.69) is 11.4 Å². The highest BCUT2D eigenvalue weighted by Gasteiger charge is 2.14. The molecule has 4 nitrogen and oxygen atoms in total. The number of hydrogen-bond donors (Lipinski definition) is 1. The molecule has 1 N–H and O–H groups in total. The SMILES string of the molecule is CC(=O)N(CCC(=O)NCCc1ccc(Cl)cc1)c1cc(C)cc(C)c1. The molecule has 0 unspecified atom stereocenters. The minimum Gasteiger partial charge on any atom is -0.356 e. The minimum absolute atomic E-state index is 0.0606. The molecular weight excluding hydrogens is 348 g/mol. The van der Waals surface area contributed by atoms with Crippen molar-refractivity contribution in [2.24, 2.45) is 0 Å². The van der Waals surface area contributed by atoms with Crippen LogP contribution >= 0.6 is 11.6 Å². The second-order valence-electron chi connectivity index (χ2n) is 6.49. The number of carbonyl (C=O) groups is 2. The van der Waals surface area contributed by atoms with Gasteiger partial charge in [0.15, 0.2) is 0 Å². The predicted molar refractivity (Wildman–Crippen MR) is 107 cm³/mol. The molecule has 0 aliphatic rings. The molecule has 0 aromatic heterocycles. The summed E-state index contributed by atoms with van der Waals surface area (Å²) < 4.78 is 0. The minimum atomic E-state index is -0.0658. The Bertz CT molecular complexity index is 752. The highest BCUT2D eigenvalue weighted by atomic mass is 35.5. The van der Waals surface area contributed by atoms with Crippen LogP contribution in [-0.2, 0) is 16.0 Å². The lowest BCUT2D eigenvalue weighted by molar-refractivity contribution is -0.121. The Balaban J connectivity index is 1.85. The average Bonchev–Trinajstić information content (AvgIpc) is 2.55. The molecule has 2 aromatic rings. The van der Waals surface area contributed by atoms with Gasteiger partial charge in [-0.3, -0.25) is 9.59 Å². The van der Waals surface area contributed by atoms with Gasteiger partial charge in [-0.15, -0.1) is 0 Å². The lowest BCUT2D eigenvalue weighted by Gasteiger charge is -2.22. The van der Waals surface area contributed by atoms with Crippen LogP contribution in [0.5, 0.6) is 0 Å². The first kappa shape index (κ1) is 20.0. The zero-order valence-corrected chi connectivity index (χ0v) is 16.3. The summed E-state index contributed by atoms with van der Waals surface area (Å²) in [5.41, 5.74) is 4.15. The average molecular weight is 373 g/mol. The number of carbonyl (C=O) groups excluding carboxylic acids is 2. The highest BCUT2D eigenvalue weighted by Crippen LogP contribution is 2.19. The van der Waals surface area contributed by atoms with Crippen molar-refractivity contribution in [1.82, 2.24) is 5.32 Å². The van der Waals surface area contributed by atoms with Gasteiger partial charge in [0, 0.05) is 37.1 Å². The Morgan fingerprint density at radius 1 is 1.04 bits per heavy atom. The number of amides is 2. The number of nitrogens with zero attached hydrogens (tertiary/aromatic N) is 1. The first-order valence-corrected chi connectivity index (χ1v) is 9.10. The molecule has 2 aromatic carbocycles. The molecule has 0 aliphatic carbocycles. The van der Waals surface area contributed by atoms with Crippen molar-refractivity contribution in [1.29, 1.82) is 0 Å². The van der Waals surface area contributed by atoms with Gasteiger partial charge in [0.2, 0.25) is 11.8 Å². The standard InChI is InChI=1S/C21H25ClN2O2/c1-15-12-16(2)14-20(13-15)24(17(3)25)11-9-21(26)23-10-8-18-4-6-19(22)7-5-18/h4-7,12-14H,8-11H2,1-3H3,(H,23,26). The van der Waals surface area contributed by atoms with Crippen LogP contribution in [0.25, 0.3) is 0 Å². The van der Waals surface area contributed by atoms with Crippen LogP contribution in [0.2, 0.25) is 5.02 Å². The van der Waals surface area contributed by atoms with Crippen molar-refractivity contribution in [3.8, 4) is 0 Å². The van der Waals surface area contributed by atoms with Gasteiger partial charge in [0.1, 0.15) is 0 Å². The van der Waals surface area contributed by atoms with E-state index in [0.717, 1.165) is 28.8 Å². The fraction of sp³-hybridized carbons (Fsp3) is 0.333. The molecule has 2 amide bonds. The molecule has 5 heteroatoms. The summed E-state index contributed by atoms with van der Waals surface area (Å²) in [4.78, 5) is 25.8. The second kappa shape index (κ2) is 9.39. The molecule has 0 radical (unpaired) electrons. The quantitative estimate of drug-likeness (QED) is 0.796. The summed E-state index contributed by atoms with van der Waals surface area (Å²) in [6.07, 6.45) is 1.02. The third kappa shape index (κ3) is 6.19. The summed E-state index contributed by atoms with van der Waals surface area (Å²) in [6, 6.07) is 13.6. The van der Waals surface area contributed by atoms with Gasteiger partial charge in [0.05, 0.1) is 0 Å². The van der Waals surface area contributed by atoms with Crippen molar-refractivity contribution >= 4 is 29.1 Å². The van der Waals surface area contributed by atoms with Gasteiger partial charge in [0.25, 0.3) is 0 Å². The maximum Gasteiger partial charge on any atom is 0.223 e. The smallest absolute Gasteiger partial charge is 0.223 e. The lowest BCUT2D eigenvalue weighted by atomic mass is 10.1. The molecule has 138 valence electrons. The Kier molecular flexibility index (Phi) is 7.22. The summed E-state index contributed by atoms with van der Waals surface area (Å²) in [5, 5.41) is 3.61. The summed E-state index contributed by atoms with van der Waals surface area (Å²) in [5.74, 6) is -0.126. The number of aryl methyl sites for hydroxylation is 2. The van der Waals surface area contributed by atoms with E-state index in [1.54, 1.807) is 4.90 Å². The normalized spacial score (nSPS) is 10.5. The predicted octanol–water partition coefficient (Wildman–Crippen LogP) is 4.06. The number of hydrogen-bond acceptors (Lipinski definition) is 2. The molecule has 0 saturated carbocycles. The van der Waals surface area contributed by atoms with Crippen LogP contribution in [0.4, 0.5) is 5.69 Å². The Hall–Kier alpha value is -2.33. The maximum atomic E-state index is 12.1. The van der Waals surface area contributed by atoms with Crippen LogP contribution in [0.3, 0.4) is 0 Å². The molecule has 0 bridgehead atoms. The van der Waals surface area contributed by atoms with Gasteiger partial charge >= 0.3 is 0 Å². The summed E-state index contributed by atoms with van der Waals surface area (Å²) in [6.45, 7) is 6.45. The first-order chi connectivity index (χ1) is 12.3. The molecule has 0 aliphatic heterocycles. The van der Waals surface area contributed by atoms with Crippen LogP contribution in [-0.4, -0.2) is 24.9 Å². The van der Waals surface area contributed by atoms with E-state index in [0.29, 0.717) is 18.1 Å². The van der Waals surface area contributed by atoms with Crippen molar-refractivity contribution in [3.05, 3.63) is 64.2 Å². The van der Waals surface area contributed by atoms with Gasteiger partial charge in [-0.1, -0.05) is 29.8 Å². The van der Waals surface area contributed by atoms with Gasteiger partial charge in [-0.05, 0) is 61.2 Å². The van der Waals surface area contributed by atoms with Crippen LogP contribution in [0.1, 0.15) is 30.0 Å². The van der Waals surface area contributed by atoms with E-state index in [4.69, 9.17) is 11.6 Å². The summed E-state index contributed by atoms with van der Waals surface area (Å²) >= 11 is 5.86. The van der Waals surface area contributed by atoms with Crippen LogP contribution in [0.15, 0.2) is 42.5 Å². The van der Waals surface area contributed by atoms with E-state index in [9.17, 15) is 9.59 Å². The van der Waals surface area contributed by atoms with Gasteiger partial charge in [-0.25, -0.2) is 0 Å². The van der Waals surface area contributed by atoms with Crippen LogP contribution in [0, 0.1) is 13.8 Å². The molecule has 26 heavy (non-hydrogen) atoms. The number of halogens is 1. The highest BCUT2D eigenvalue weighted by molar-refractivity contribution is 6.30. The molecule has 0 saturated heterocycles. The van der Waals surface area contributed by atoms with Crippen molar-refractivity contribution in [2.75, 3.05) is 18.0 Å². The largest absolute Gasteiger partial charge is 0.356 e. The fourth-order valence-corrected chi connectivity index (χ4v) is 3.00. The molecule has 0 fully saturated rings. The zero-order valence-electron chi connectivity index (χ0n) is 15.5. The van der Waals surface area contributed by atoms with E-state index >= 15 is 0 Å². The van der Waals surface area contributed by atoms with E-state index in [1.807, 2.05) is 50.2 Å². The maximum absolute atomic E-state index is 12.1. The van der Waals surface area contributed by atoms with E-state index in [1.165, 1.54) is 6.92 Å². The Labute approximate surface area is 160 Å². The molecule has 2 rings (SSSR count). The summed E-state index contributed by atoms with van der Waals surface area (Å²) in [7, 11) is 0. The van der Waals surface area contributed by atoms with E-state index in [-0.39, 0.29) is 18.2 Å². The molecule has 0 heterocycles. The third-order valence-electron chi connectivity index (χ3n) is 4.11. The lowest BCUT2D eigenvalue weighted by Crippen LogP contribution is -2.34. The third-order valence-corrected chi connectivity index (χ3v) is 4.36. The van der Waals surface area contributed by atoms with Crippen molar-refractivity contribution in [2.45, 2.75) is 33.6 Å². The molecule has 0 spiro atoms. The van der Waals surface area contributed by atoms with Gasteiger partial charge < -0.3 is 10.2 Å². The molecular formula is C21H25ClN2O2. The van der Waals surface area contributed by atoms with Crippen molar-refractivity contribution in [3.63, 3.8) is 0 Å². The van der Waals surface area contributed by atoms with Gasteiger partial charge in [-0.2, -0.15) is 0 Å². The second-order valence-corrected chi connectivity index (χ2v) is 6.93. The van der Waals surface area contributed by atoms with E-state index < -0.39 is 0 Å². The number of anilines is 1. The fourth-order valence-electron chi connectivity index (χ4n) is 2.87. The monoisotopic (exact) mass is 372 g/mol. The van der Waals surface area contributed by atoms with Crippen molar-refractivity contribution < 1.29 is 9.59 Å². The first-order valence-electron chi connectivity index (χ1n) is 8.72.